The van der Waals surface area contributed by atoms with Crippen LogP contribution in [0.15, 0.2) is 11.1 Å². The van der Waals surface area contributed by atoms with Gasteiger partial charge >= 0.3 is 5.65 Å². The average Bonchev–Trinajstić information content (AvgIpc) is 3.14. The predicted molar refractivity (Wildman–Crippen MR) is 102 cm³/mol. The maximum Gasteiger partial charge on any atom is 0.313 e. The van der Waals surface area contributed by atoms with Crippen LogP contribution in [0.4, 0.5) is 5.95 Å². The van der Waals surface area contributed by atoms with Crippen molar-refractivity contribution in [3.63, 3.8) is 0 Å². The number of aliphatic hydroxyl groups excluding tert-OH is 2. The molecule has 0 aliphatic carbocycles. The fourth-order valence-corrected chi connectivity index (χ4v) is 5.60. The Labute approximate surface area is 180 Å². The van der Waals surface area contributed by atoms with Crippen LogP contribution in [0.1, 0.15) is 12.6 Å². The summed E-state index contributed by atoms with van der Waals surface area (Å²) >= 11 is 0. The van der Waals surface area contributed by atoms with Gasteiger partial charge in [-0.15, -0.1) is 12.3 Å². The highest BCUT2D eigenvalue weighted by molar-refractivity contribution is 7.62. The van der Waals surface area contributed by atoms with E-state index in [1.165, 1.54) is 22.5 Å². The number of aromatic nitrogens is 4. The van der Waals surface area contributed by atoms with Crippen molar-refractivity contribution in [3.8, 4) is 12.3 Å². The quantitative estimate of drug-likeness (QED) is 0.162. The van der Waals surface area contributed by atoms with Gasteiger partial charge in [-0.05, 0) is 0 Å². The molecule has 5 N–H and O–H groups in total. The molecule has 0 saturated carbocycles. The molecule has 3 unspecified atom stereocenters. The Morgan fingerprint density at radius 2 is 2.12 bits per heavy atom. The van der Waals surface area contributed by atoms with E-state index >= 15 is 0 Å². The van der Waals surface area contributed by atoms with Crippen LogP contribution in [0.2, 0.25) is 0 Å². The van der Waals surface area contributed by atoms with E-state index in [1.54, 1.807) is 0 Å². The van der Waals surface area contributed by atoms with Crippen LogP contribution in [0.3, 0.4) is 0 Å². The van der Waals surface area contributed by atoms with Crippen LogP contribution in [0.5, 0.6) is 0 Å². The van der Waals surface area contributed by atoms with Crippen LogP contribution >= 0.6 is 15.4 Å². The van der Waals surface area contributed by atoms with E-state index < -0.39 is 58.3 Å². The number of phosphoric acid groups is 1. The summed E-state index contributed by atoms with van der Waals surface area (Å²) in [6.45, 7) is -0.869. The first-order valence-corrected chi connectivity index (χ1v) is 12.2. The number of aryl methyl sites for hydroxylation is 1. The normalized spacial score (nSPS) is 27.1. The average molecular weight is 492 g/mol. The number of terminal acetylenes is 1. The summed E-state index contributed by atoms with van der Waals surface area (Å²) in [5.41, 5.74) is 5.14. The molecule has 3 rings (SSSR count). The zero-order chi connectivity index (χ0) is 23.8. The number of rotatable bonds is 8. The third-order valence-electron chi connectivity index (χ3n) is 4.55. The molecule has 6 atom stereocenters. The highest BCUT2D eigenvalue weighted by Gasteiger charge is 2.47. The highest BCUT2D eigenvalue weighted by atomic mass is 31.3. The predicted octanol–water partition coefficient (Wildman–Crippen LogP) is -3.17. The van der Waals surface area contributed by atoms with Crippen molar-refractivity contribution >= 4 is 32.5 Å². The van der Waals surface area contributed by atoms with Crippen molar-refractivity contribution in [1.29, 1.82) is 0 Å². The lowest BCUT2D eigenvalue weighted by atomic mass is 10.1. The first kappa shape index (κ1) is 24.5. The Balaban J connectivity index is 1.76. The minimum Gasteiger partial charge on any atom is -0.778 e. The summed E-state index contributed by atoms with van der Waals surface area (Å²) in [6.07, 6.45) is -0.609. The Morgan fingerprint density at radius 3 is 2.78 bits per heavy atom. The molecule has 0 amide bonds. The molecule has 15 nitrogen and oxygen atoms in total. The summed E-state index contributed by atoms with van der Waals surface area (Å²) < 4.78 is 40.2. The smallest absolute Gasteiger partial charge is 0.313 e. The maximum absolute atomic E-state index is 12.1. The number of nitrogens with zero attached hydrogens (tertiary/aromatic N) is 3. The number of imidazole rings is 1. The number of aliphatic hydroxyl groups is 2. The topological polar surface area (TPSA) is 229 Å². The van der Waals surface area contributed by atoms with Crippen LogP contribution in [-0.2, 0) is 29.7 Å². The number of aromatic amines is 1. The first-order chi connectivity index (χ1) is 14.8. The summed E-state index contributed by atoms with van der Waals surface area (Å²) in [4.78, 5) is 41.9. The molecule has 3 heterocycles. The van der Waals surface area contributed by atoms with Gasteiger partial charge in [-0.3, -0.25) is 23.2 Å². The molecule has 1 aliphatic rings. The number of nitrogens with two attached hydrogens (primary N) is 1. The summed E-state index contributed by atoms with van der Waals surface area (Å²) in [6, 6.07) is 0. The second-order valence-corrected chi connectivity index (χ2v) is 10.4. The zero-order valence-corrected chi connectivity index (χ0v) is 18.3. The number of nitrogens with one attached hydrogen (secondary N) is 1. The maximum atomic E-state index is 12.1. The van der Waals surface area contributed by atoms with Gasteiger partial charge in [-0.2, -0.15) is 0 Å². The van der Waals surface area contributed by atoms with Gasteiger partial charge < -0.3 is 39.6 Å². The molecule has 32 heavy (non-hydrogen) atoms. The molecule has 0 radical (unpaired) electrons. The van der Waals surface area contributed by atoms with Gasteiger partial charge in [-0.1, -0.05) is 4.98 Å². The largest absolute Gasteiger partial charge is 0.778 e. The van der Waals surface area contributed by atoms with E-state index in [4.69, 9.17) is 16.9 Å². The molecule has 0 spiro atoms. The fourth-order valence-electron chi connectivity index (χ4n) is 3.13. The van der Waals surface area contributed by atoms with Crippen molar-refractivity contribution in [2.24, 2.45) is 7.05 Å². The number of nitrogen functional groups attached to an aromatic ring is 1. The lowest BCUT2D eigenvalue weighted by Crippen LogP contribution is -2.46. The number of H-pyrrole nitrogens is 1. The van der Waals surface area contributed by atoms with Crippen LogP contribution in [-0.4, -0.2) is 55.8 Å². The van der Waals surface area contributed by atoms with Crippen LogP contribution in [0.25, 0.3) is 11.2 Å². The molecule has 2 aromatic heterocycles. The molecule has 1 saturated heterocycles. The van der Waals surface area contributed by atoms with E-state index in [0.29, 0.717) is 0 Å². The first-order valence-electron chi connectivity index (χ1n) is 9.03. The zero-order valence-electron chi connectivity index (χ0n) is 16.6. The Bertz CT molecular complexity index is 1210. The Hall–Kier alpha value is -2.11. The van der Waals surface area contributed by atoms with Gasteiger partial charge in [0, 0.05) is 12.6 Å². The molecule has 0 bridgehead atoms. The van der Waals surface area contributed by atoms with E-state index in [9.17, 15) is 33.9 Å². The Morgan fingerprint density at radius 1 is 1.44 bits per heavy atom. The van der Waals surface area contributed by atoms with Crippen molar-refractivity contribution in [3.05, 3.63) is 16.7 Å². The van der Waals surface area contributed by atoms with Gasteiger partial charge in [0.1, 0.15) is 25.9 Å². The van der Waals surface area contributed by atoms with Crippen molar-refractivity contribution in [1.82, 2.24) is 14.5 Å². The van der Waals surface area contributed by atoms with Gasteiger partial charge in [0.2, 0.25) is 11.7 Å². The number of hydrogen-bond acceptors (Lipinski definition) is 12. The molecule has 2 aromatic rings. The fraction of sp³-hybridized carbons (Fsp3) is 0.533. The van der Waals surface area contributed by atoms with Gasteiger partial charge in [0.25, 0.3) is 19.3 Å². The molecule has 176 valence electrons. The standard InChI is InChI=1S/C15H21N5O10P2/c1-3-4-5-31(24,25)30-32(26,27)28-6-8-10(21)11(22)14(29-8)20-7-19(2)9-12(20)17-15(16)18-13(9)23/h1,7-8,10-11,14,21-22H,4-6H2,2H3,(H4-,16,17,18,23,24,25,26,27)/p-1/t8-,10?,11+,14-/m1/s1. The number of hydrogen-bond donors (Lipinski definition) is 4. The number of phosphoric ester groups is 1. The van der Waals surface area contributed by atoms with Crippen molar-refractivity contribution in [2.75, 3.05) is 18.5 Å². The minimum absolute atomic E-state index is 0.0326. The van der Waals surface area contributed by atoms with Crippen LogP contribution < -0.4 is 25.6 Å². The van der Waals surface area contributed by atoms with E-state index in [-0.39, 0.29) is 23.5 Å². The van der Waals surface area contributed by atoms with Gasteiger partial charge in [0.05, 0.1) is 13.7 Å². The summed E-state index contributed by atoms with van der Waals surface area (Å²) in [7, 11) is -8.64. The van der Waals surface area contributed by atoms with Crippen LogP contribution in [0, 0.1) is 12.3 Å². The minimum atomic E-state index is -5.35. The summed E-state index contributed by atoms with van der Waals surface area (Å²) in [5.74, 6) is 1.83. The molecular formula is C15H20N5O10P2-. The molecule has 1 aliphatic heterocycles. The number of fused-ring (bicyclic) bond motifs is 1. The number of anilines is 1. The van der Waals surface area contributed by atoms with Gasteiger partial charge in [-0.25, -0.2) is 4.57 Å². The van der Waals surface area contributed by atoms with E-state index in [2.05, 4.69) is 18.8 Å². The molecular weight excluding hydrogens is 472 g/mol. The monoisotopic (exact) mass is 492 g/mol. The lowest BCUT2D eigenvalue weighted by Gasteiger charge is -2.31. The lowest BCUT2D eigenvalue weighted by molar-refractivity contribution is -0.745. The third kappa shape index (κ3) is 5.10. The number of ether oxygens (including phenoxy) is 1. The summed E-state index contributed by atoms with van der Waals surface area (Å²) in [5, 5.41) is 20.7. The van der Waals surface area contributed by atoms with E-state index in [1.807, 2.05) is 5.92 Å². The van der Waals surface area contributed by atoms with Crippen molar-refractivity contribution in [2.45, 2.75) is 31.0 Å². The second-order valence-electron chi connectivity index (χ2n) is 6.92. The highest BCUT2D eigenvalue weighted by Crippen LogP contribution is 2.55. The second kappa shape index (κ2) is 9.03. The molecule has 17 heteroatoms. The molecule has 1 fully saturated rings. The van der Waals surface area contributed by atoms with Crippen molar-refractivity contribution < 1.29 is 47.3 Å². The third-order valence-corrected chi connectivity index (χ3v) is 7.58. The SMILES string of the molecule is C#CCCP(=O)([O-])OP(=O)([O-])OC[C@H]1O[C@@H]([n+]2cn(C)c3c(=O)[nH]c(N)nc32)[C@@H](O)C1O. The van der Waals surface area contributed by atoms with Gasteiger partial charge in [0.15, 0.2) is 6.33 Å². The van der Waals surface area contributed by atoms with E-state index in [0.717, 1.165) is 0 Å². The molecule has 0 aromatic carbocycles. The Kier molecular flexibility index (Phi) is 6.92.